The fourth-order valence-corrected chi connectivity index (χ4v) is 3.04. The molecule has 4 N–H and O–H groups in total. The third-order valence-electron chi connectivity index (χ3n) is 4.27. The Morgan fingerprint density at radius 3 is 2.68 bits per heavy atom. The highest BCUT2D eigenvalue weighted by molar-refractivity contribution is 6.03. The minimum atomic E-state index is -0.382. The molecular formula is C18H29N4O3+. The number of nitrogens with two attached hydrogens (primary N) is 1. The summed E-state index contributed by atoms with van der Waals surface area (Å²) in [6.07, 6.45) is 3.64. The predicted octanol–water partition coefficient (Wildman–Crippen LogP) is 1.62. The van der Waals surface area contributed by atoms with Crippen molar-refractivity contribution in [3.63, 3.8) is 0 Å². The second kappa shape index (κ2) is 9.48. The predicted molar refractivity (Wildman–Crippen MR) is 97.0 cm³/mol. The Balaban J connectivity index is 2.56. The molecule has 0 bridgehead atoms. The average Bonchev–Trinajstić information content (AvgIpc) is 2.62. The molecule has 2 heterocycles. The van der Waals surface area contributed by atoms with Gasteiger partial charge < -0.3 is 20.2 Å². The Morgan fingerprint density at radius 1 is 1.40 bits per heavy atom. The van der Waals surface area contributed by atoms with Gasteiger partial charge in [0, 0.05) is 25.5 Å². The number of anilines is 1. The maximum Gasteiger partial charge on any atom is 0.342 e. The number of ether oxygens (including phenoxy) is 2. The molecule has 0 aliphatic carbocycles. The maximum atomic E-state index is 12.6. The number of aromatic nitrogens is 1. The number of quaternary nitrogens is 1. The van der Waals surface area contributed by atoms with Crippen molar-refractivity contribution in [2.45, 2.75) is 46.1 Å². The standard InChI is InChI=1S/C18H28N4O3/c1-4-14-15(18(23)25-6-3)16(21-12-7-9-24-10-8-12)13(11-19)17(22-14)20-5-2/h11-12,19H,4-10H2,1-3H3,(H2,20,21,22)/p+1. The van der Waals surface area contributed by atoms with Gasteiger partial charge >= 0.3 is 5.97 Å². The van der Waals surface area contributed by atoms with Crippen LogP contribution in [0.15, 0.2) is 0 Å². The van der Waals surface area contributed by atoms with Crippen molar-refractivity contribution in [3.8, 4) is 0 Å². The number of nitrogens with one attached hydrogen (secondary N) is 2. The van der Waals surface area contributed by atoms with Gasteiger partial charge in [0.1, 0.15) is 5.56 Å². The minimum Gasteiger partial charge on any atom is -0.462 e. The van der Waals surface area contributed by atoms with Gasteiger partial charge in [0.25, 0.3) is 0 Å². The molecule has 0 radical (unpaired) electrons. The number of carbonyl (C=O) groups is 1. The quantitative estimate of drug-likeness (QED) is 0.489. The van der Waals surface area contributed by atoms with E-state index in [2.05, 4.69) is 10.3 Å². The smallest absolute Gasteiger partial charge is 0.342 e. The summed E-state index contributed by atoms with van der Waals surface area (Å²) in [6.45, 7) is 8.32. The lowest BCUT2D eigenvalue weighted by Gasteiger charge is -2.26. The fourth-order valence-electron chi connectivity index (χ4n) is 3.04. The van der Waals surface area contributed by atoms with E-state index in [-0.39, 0.29) is 12.0 Å². The normalized spacial score (nSPS) is 15.0. The second-order valence-electron chi connectivity index (χ2n) is 5.97. The fraction of sp³-hybridized carbons (Fsp3) is 0.611. The zero-order valence-electron chi connectivity index (χ0n) is 15.4. The van der Waals surface area contributed by atoms with E-state index >= 15 is 0 Å². The molecule has 7 nitrogen and oxygen atoms in total. The molecule has 1 aliphatic heterocycles. The molecule has 1 aromatic heterocycles. The molecule has 0 unspecified atom stereocenters. The van der Waals surface area contributed by atoms with Crippen LogP contribution in [0.1, 0.15) is 55.2 Å². The number of nitrogens with zero attached hydrogens (tertiary/aromatic N) is 1. The SMILES string of the molecule is CC[NH2+]c1nc(CC)c(C(=O)OCC)c(NC2CCOCC2)c1C=N. The second-order valence-corrected chi connectivity index (χ2v) is 5.97. The van der Waals surface area contributed by atoms with Gasteiger partial charge in [-0.3, -0.25) is 5.32 Å². The van der Waals surface area contributed by atoms with Crippen LogP contribution in [0.4, 0.5) is 11.5 Å². The summed E-state index contributed by atoms with van der Waals surface area (Å²) in [4.78, 5) is 17.2. The van der Waals surface area contributed by atoms with E-state index in [1.54, 1.807) is 6.92 Å². The summed E-state index contributed by atoms with van der Waals surface area (Å²) >= 11 is 0. The van der Waals surface area contributed by atoms with Crippen molar-refractivity contribution < 1.29 is 19.6 Å². The van der Waals surface area contributed by atoms with Crippen molar-refractivity contribution in [1.82, 2.24) is 4.98 Å². The zero-order chi connectivity index (χ0) is 18.2. The average molecular weight is 349 g/mol. The van der Waals surface area contributed by atoms with Crippen LogP contribution in [0.2, 0.25) is 0 Å². The highest BCUT2D eigenvalue weighted by Crippen LogP contribution is 2.29. The molecule has 0 atom stereocenters. The lowest BCUT2D eigenvalue weighted by molar-refractivity contribution is -0.571. The summed E-state index contributed by atoms with van der Waals surface area (Å²) in [6, 6.07) is 0.210. The monoisotopic (exact) mass is 349 g/mol. The molecule has 2 rings (SSSR count). The van der Waals surface area contributed by atoms with Gasteiger partial charge in [0.15, 0.2) is 0 Å². The molecule has 0 spiro atoms. The lowest BCUT2D eigenvalue weighted by atomic mass is 10.0. The van der Waals surface area contributed by atoms with Gasteiger partial charge in [-0.15, -0.1) is 0 Å². The summed E-state index contributed by atoms with van der Waals surface area (Å²) in [5.74, 6) is 0.365. The van der Waals surface area contributed by atoms with Crippen LogP contribution >= 0.6 is 0 Å². The van der Waals surface area contributed by atoms with Crippen LogP contribution in [0.5, 0.6) is 0 Å². The molecule has 7 heteroatoms. The van der Waals surface area contributed by atoms with Gasteiger partial charge in [-0.2, -0.15) is 4.98 Å². The largest absolute Gasteiger partial charge is 0.462 e. The van der Waals surface area contributed by atoms with E-state index in [9.17, 15) is 4.79 Å². The number of carbonyl (C=O) groups excluding carboxylic acids is 1. The van der Waals surface area contributed by atoms with Crippen molar-refractivity contribution in [2.75, 3.05) is 31.7 Å². The Labute approximate surface area is 149 Å². The van der Waals surface area contributed by atoms with Crippen LogP contribution in [-0.2, 0) is 15.9 Å². The molecule has 0 amide bonds. The van der Waals surface area contributed by atoms with Crippen LogP contribution in [0, 0.1) is 5.41 Å². The highest BCUT2D eigenvalue weighted by atomic mass is 16.5. The highest BCUT2D eigenvalue weighted by Gasteiger charge is 2.27. The van der Waals surface area contributed by atoms with Crippen LogP contribution in [0.3, 0.4) is 0 Å². The van der Waals surface area contributed by atoms with E-state index < -0.39 is 0 Å². The number of aryl methyl sites for hydroxylation is 1. The molecule has 1 fully saturated rings. The first-order chi connectivity index (χ1) is 12.2. The van der Waals surface area contributed by atoms with Crippen molar-refractivity contribution >= 4 is 23.7 Å². The third kappa shape index (κ3) is 4.55. The number of pyridine rings is 1. The van der Waals surface area contributed by atoms with Crippen molar-refractivity contribution in [3.05, 3.63) is 16.8 Å². The lowest BCUT2D eigenvalue weighted by Crippen LogP contribution is -2.78. The van der Waals surface area contributed by atoms with Gasteiger partial charge in [0.05, 0.1) is 30.1 Å². The Bertz CT molecular complexity index is 613. The van der Waals surface area contributed by atoms with Gasteiger partial charge in [-0.25, -0.2) is 4.79 Å². The third-order valence-corrected chi connectivity index (χ3v) is 4.27. The number of hydrogen-bond acceptors (Lipinski definition) is 6. The number of rotatable bonds is 8. The molecule has 0 saturated carbocycles. The molecule has 1 aliphatic rings. The first-order valence-corrected chi connectivity index (χ1v) is 9.08. The molecule has 1 aromatic rings. The van der Waals surface area contributed by atoms with Crippen molar-refractivity contribution in [2.24, 2.45) is 0 Å². The molecule has 138 valence electrons. The Kier molecular flexibility index (Phi) is 7.33. The van der Waals surface area contributed by atoms with Crippen LogP contribution in [0.25, 0.3) is 0 Å². The minimum absolute atomic E-state index is 0.210. The van der Waals surface area contributed by atoms with E-state index in [4.69, 9.17) is 14.9 Å². The molecule has 1 saturated heterocycles. The van der Waals surface area contributed by atoms with E-state index in [1.807, 2.05) is 19.2 Å². The molecule has 25 heavy (non-hydrogen) atoms. The Morgan fingerprint density at radius 2 is 2.12 bits per heavy atom. The van der Waals surface area contributed by atoms with Crippen LogP contribution < -0.4 is 10.6 Å². The number of hydrogen-bond donors (Lipinski definition) is 3. The topological polar surface area (TPSA) is 101 Å². The first-order valence-electron chi connectivity index (χ1n) is 9.08. The van der Waals surface area contributed by atoms with Gasteiger partial charge in [0.2, 0.25) is 5.82 Å². The zero-order valence-corrected chi connectivity index (χ0v) is 15.4. The maximum absolute atomic E-state index is 12.6. The summed E-state index contributed by atoms with van der Waals surface area (Å²) < 4.78 is 10.7. The summed E-state index contributed by atoms with van der Waals surface area (Å²) in [7, 11) is 0. The van der Waals surface area contributed by atoms with Crippen LogP contribution in [-0.4, -0.2) is 49.6 Å². The van der Waals surface area contributed by atoms with Gasteiger partial charge in [-0.05, 0) is 33.1 Å². The molecule has 0 aromatic carbocycles. The summed E-state index contributed by atoms with van der Waals surface area (Å²) in [5.41, 5.74) is 2.49. The Hall–Kier alpha value is -1.99. The number of esters is 1. The van der Waals surface area contributed by atoms with E-state index in [0.717, 1.165) is 25.2 Å². The van der Waals surface area contributed by atoms with Crippen molar-refractivity contribution in [1.29, 1.82) is 5.41 Å². The van der Waals surface area contributed by atoms with E-state index in [1.165, 1.54) is 6.21 Å². The first kappa shape index (κ1) is 19.3. The molecular weight excluding hydrogens is 320 g/mol. The van der Waals surface area contributed by atoms with Gasteiger partial charge in [-0.1, -0.05) is 6.92 Å². The van der Waals surface area contributed by atoms with E-state index in [0.29, 0.717) is 48.7 Å². The summed E-state index contributed by atoms with van der Waals surface area (Å²) in [5, 5.41) is 13.4.